The minimum absolute atomic E-state index is 0.0289. The number of aliphatic hydroxyl groups excluding tert-OH is 1. The summed E-state index contributed by atoms with van der Waals surface area (Å²) in [7, 11) is 0. The molecule has 0 saturated heterocycles. The van der Waals surface area contributed by atoms with Crippen LogP contribution in [0.3, 0.4) is 0 Å². The minimum Gasteiger partial charge on any atom is -0.395 e. The standard InChI is InChI=1S/C15H22ClN3O2/c1-2-17-14-13(16)9-11(10-18-14)15(21)19(7-8-20)12-5-3-4-6-12/h9-10,12,20H,2-8H2,1H3,(H,17,18). The van der Waals surface area contributed by atoms with Gasteiger partial charge in [-0.25, -0.2) is 4.98 Å². The van der Waals surface area contributed by atoms with Crippen molar-refractivity contribution in [2.75, 3.05) is 25.0 Å². The molecule has 1 aromatic heterocycles. The summed E-state index contributed by atoms with van der Waals surface area (Å²) >= 11 is 6.15. The zero-order chi connectivity index (χ0) is 15.2. The van der Waals surface area contributed by atoms with Gasteiger partial charge >= 0.3 is 0 Å². The fraction of sp³-hybridized carbons (Fsp3) is 0.600. The Kier molecular flexibility index (Phi) is 5.82. The summed E-state index contributed by atoms with van der Waals surface area (Å²) in [6, 6.07) is 1.87. The lowest BCUT2D eigenvalue weighted by Gasteiger charge is -2.28. The van der Waals surface area contributed by atoms with Crippen LogP contribution >= 0.6 is 11.6 Å². The molecule has 116 valence electrons. The largest absolute Gasteiger partial charge is 0.395 e. The quantitative estimate of drug-likeness (QED) is 0.847. The van der Waals surface area contributed by atoms with E-state index in [-0.39, 0.29) is 18.6 Å². The van der Waals surface area contributed by atoms with Gasteiger partial charge in [0.15, 0.2) is 0 Å². The van der Waals surface area contributed by atoms with Crippen molar-refractivity contribution in [2.24, 2.45) is 0 Å². The van der Waals surface area contributed by atoms with Gasteiger partial charge in [-0.05, 0) is 25.8 Å². The fourth-order valence-corrected chi connectivity index (χ4v) is 3.02. The number of nitrogens with zero attached hydrogens (tertiary/aromatic N) is 2. The topological polar surface area (TPSA) is 65.5 Å². The van der Waals surface area contributed by atoms with Crippen molar-refractivity contribution in [2.45, 2.75) is 38.6 Å². The molecular weight excluding hydrogens is 290 g/mol. The maximum atomic E-state index is 12.6. The zero-order valence-corrected chi connectivity index (χ0v) is 13.1. The number of amides is 1. The first-order chi connectivity index (χ1) is 10.2. The van der Waals surface area contributed by atoms with Crippen molar-refractivity contribution in [3.63, 3.8) is 0 Å². The summed E-state index contributed by atoms with van der Waals surface area (Å²) < 4.78 is 0. The lowest BCUT2D eigenvalue weighted by Crippen LogP contribution is -2.40. The fourth-order valence-electron chi connectivity index (χ4n) is 2.79. The van der Waals surface area contributed by atoms with E-state index in [9.17, 15) is 9.90 Å². The highest BCUT2D eigenvalue weighted by molar-refractivity contribution is 6.33. The van der Waals surface area contributed by atoms with Crippen molar-refractivity contribution in [3.8, 4) is 0 Å². The Morgan fingerprint density at radius 3 is 2.81 bits per heavy atom. The van der Waals surface area contributed by atoms with Crippen LogP contribution in [0.15, 0.2) is 12.3 Å². The summed E-state index contributed by atoms with van der Waals surface area (Å²) in [5, 5.41) is 12.7. The molecule has 1 aliphatic rings. The van der Waals surface area contributed by atoms with Gasteiger partial charge in [0, 0.05) is 25.3 Å². The summed E-state index contributed by atoms with van der Waals surface area (Å²) in [5.41, 5.74) is 0.474. The predicted molar refractivity (Wildman–Crippen MR) is 83.8 cm³/mol. The number of nitrogens with one attached hydrogen (secondary N) is 1. The molecule has 1 aliphatic carbocycles. The molecule has 0 unspecified atom stereocenters. The maximum absolute atomic E-state index is 12.6. The van der Waals surface area contributed by atoms with E-state index in [0.717, 1.165) is 32.2 Å². The summed E-state index contributed by atoms with van der Waals surface area (Å²) in [5.74, 6) is 0.485. The first kappa shape index (κ1) is 16.0. The van der Waals surface area contributed by atoms with E-state index in [4.69, 9.17) is 11.6 Å². The highest BCUT2D eigenvalue weighted by Gasteiger charge is 2.27. The third kappa shape index (κ3) is 3.86. The summed E-state index contributed by atoms with van der Waals surface area (Å²) in [6.45, 7) is 3.01. The van der Waals surface area contributed by atoms with Gasteiger partial charge in [0.25, 0.3) is 5.91 Å². The Morgan fingerprint density at radius 1 is 1.52 bits per heavy atom. The number of hydrogen-bond acceptors (Lipinski definition) is 4. The Morgan fingerprint density at radius 2 is 2.24 bits per heavy atom. The van der Waals surface area contributed by atoms with Gasteiger partial charge in [-0.1, -0.05) is 24.4 Å². The second-order valence-corrected chi connectivity index (χ2v) is 5.65. The maximum Gasteiger partial charge on any atom is 0.255 e. The molecule has 5 nitrogen and oxygen atoms in total. The first-order valence-electron chi connectivity index (χ1n) is 7.48. The first-order valence-corrected chi connectivity index (χ1v) is 7.86. The molecule has 1 heterocycles. The molecule has 0 aliphatic heterocycles. The molecule has 6 heteroatoms. The van der Waals surface area contributed by atoms with Crippen LogP contribution < -0.4 is 5.32 Å². The van der Waals surface area contributed by atoms with Crippen molar-refractivity contribution >= 4 is 23.3 Å². The van der Waals surface area contributed by atoms with Gasteiger partial charge in [0.2, 0.25) is 0 Å². The number of carbonyl (C=O) groups is 1. The second-order valence-electron chi connectivity index (χ2n) is 5.25. The van der Waals surface area contributed by atoms with E-state index in [1.807, 2.05) is 6.92 Å². The lowest BCUT2D eigenvalue weighted by molar-refractivity contribution is 0.0637. The van der Waals surface area contributed by atoms with E-state index in [1.165, 1.54) is 0 Å². The van der Waals surface area contributed by atoms with Gasteiger partial charge in [-0.2, -0.15) is 0 Å². The number of aliphatic hydroxyl groups is 1. The van der Waals surface area contributed by atoms with E-state index in [2.05, 4.69) is 10.3 Å². The number of halogens is 1. The number of pyridine rings is 1. The molecule has 0 atom stereocenters. The molecule has 2 rings (SSSR count). The van der Waals surface area contributed by atoms with Crippen molar-refractivity contribution in [3.05, 3.63) is 22.8 Å². The van der Waals surface area contributed by atoms with Crippen LogP contribution in [-0.2, 0) is 0 Å². The Balaban J connectivity index is 2.17. The number of carbonyl (C=O) groups excluding carboxylic acids is 1. The Hall–Kier alpha value is -1.33. The number of rotatable bonds is 6. The Labute approximate surface area is 130 Å². The molecule has 1 fully saturated rings. The van der Waals surface area contributed by atoms with Crippen LogP contribution in [0.25, 0.3) is 0 Å². The van der Waals surface area contributed by atoms with Crippen LogP contribution in [0.5, 0.6) is 0 Å². The predicted octanol–water partition coefficient (Wildman–Crippen LogP) is 2.54. The molecular formula is C15H22ClN3O2. The van der Waals surface area contributed by atoms with Crippen molar-refractivity contribution in [1.29, 1.82) is 0 Å². The number of anilines is 1. The molecule has 0 bridgehead atoms. The van der Waals surface area contributed by atoms with E-state index in [1.54, 1.807) is 17.2 Å². The highest BCUT2D eigenvalue weighted by Crippen LogP contribution is 2.26. The second kappa shape index (κ2) is 7.61. The van der Waals surface area contributed by atoms with Gasteiger partial charge in [-0.3, -0.25) is 4.79 Å². The van der Waals surface area contributed by atoms with Gasteiger partial charge < -0.3 is 15.3 Å². The SMILES string of the molecule is CCNc1ncc(C(=O)N(CCO)C2CCCC2)cc1Cl. The average Bonchev–Trinajstić information content (AvgIpc) is 3.00. The number of aromatic nitrogens is 1. The Bertz CT molecular complexity index is 490. The monoisotopic (exact) mass is 311 g/mol. The van der Waals surface area contributed by atoms with Crippen molar-refractivity contribution < 1.29 is 9.90 Å². The smallest absolute Gasteiger partial charge is 0.255 e. The van der Waals surface area contributed by atoms with Gasteiger partial charge in [-0.15, -0.1) is 0 Å². The average molecular weight is 312 g/mol. The van der Waals surface area contributed by atoms with Crippen LogP contribution in [0.4, 0.5) is 5.82 Å². The van der Waals surface area contributed by atoms with E-state index >= 15 is 0 Å². The van der Waals surface area contributed by atoms with Gasteiger partial charge in [0.1, 0.15) is 5.82 Å². The molecule has 0 aromatic carbocycles. The summed E-state index contributed by atoms with van der Waals surface area (Å²) in [4.78, 5) is 18.6. The lowest BCUT2D eigenvalue weighted by atomic mass is 10.1. The highest BCUT2D eigenvalue weighted by atomic mass is 35.5. The van der Waals surface area contributed by atoms with Crippen LogP contribution in [0.1, 0.15) is 43.0 Å². The molecule has 0 spiro atoms. The van der Waals surface area contributed by atoms with E-state index < -0.39 is 0 Å². The third-order valence-corrected chi connectivity index (χ3v) is 4.09. The molecule has 21 heavy (non-hydrogen) atoms. The van der Waals surface area contributed by atoms with Crippen LogP contribution in [0.2, 0.25) is 5.02 Å². The molecule has 2 N–H and O–H groups in total. The normalized spacial score (nSPS) is 15.2. The van der Waals surface area contributed by atoms with Gasteiger partial charge in [0.05, 0.1) is 17.2 Å². The molecule has 1 aromatic rings. The molecule has 1 amide bonds. The van der Waals surface area contributed by atoms with Crippen LogP contribution in [-0.4, -0.2) is 46.6 Å². The third-order valence-electron chi connectivity index (χ3n) is 3.80. The van der Waals surface area contributed by atoms with Crippen molar-refractivity contribution in [1.82, 2.24) is 9.88 Å². The summed E-state index contributed by atoms with van der Waals surface area (Å²) in [6.07, 6.45) is 5.83. The van der Waals surface area contributed by atoms with Crippen LogP contribution in [0, 0.1) is 0 Å². The van der Waals surface area contributed by atoms with E-state index in [0.29, 0.717) is 22.9 Å². The molecule has 1 saturated carbocycles. The zero-order valence-electron chi connectivity index (χ0n) is 12.3. The minimum atomic E-state index is -0.103. The number of hydrogen-bond donors (Lipinski definition) is 2. The molecule has 0 radical (unpaired) electrons.